The van der Waals surface area contributed by atoms with Gasteiger partial charge in [-0.3, -0.25) is 4.21 Å². The Morgan fingerprint density at radius 2 is 2.15 bits per heavy atom. The number of rotatable bonds is 8. The molecule has 0 aliphatic rings. The quantitative estimate of drug-likeness (QED) is 0.643. The molecule has 0 aliphatic heterocycles. The van der Waals surface area contributed by atoms with Gasteiger partial charge < -0.3 is 10.5 Å². The maximum absolute atomic E-state index is 11.3. The van der Waals surface area contributed by atoms with Crippen LogP contribution in [0.5, 0.6) is 0 Å². The molecule has 2 unspecified atom stereocenters. The second-order valence-electron chi connectivity index (χ2n) is 3.15. The second kappa shape index (κ2) is 8.66. The highest BCUT2D eigenvalue weighted by atomic mass is 32.2. The Morgan fingerprint density at radius 1 is 1.46 bits per heavy atom. The number of hydrogen-bond acceptors (Lipinski definition) is 3. The summed E-state index contributed by atoms with van der Waals surface area (Å²) in [5, 5.41) is 0. The number of nitrogens with two attached hydrogens (primary N) is 1. The minimum Gasteiger partial charge on any atom is -0.384 e. The van der Waals surface area contributed by atoms with Gasteiger partial charge in [0, 0.05) is 35.5 Å². The highest BCUT2D eigenvalue weighted by Gasteiger charge is 2.02. The molecule has 4 heteroatoms. The van der Waals surface area contributed by atoms with Gasteiger partial charge in [-0.2, -0.15) is 0 Å². The van der Waals surface area contributed by atoms with E-state index in [0.29, 0.717) is 12.4 Å². The molecule has 0 aliphatic carbocycles. The van der Waals surface area contributed by atoms with E-state index in [2.05, 4.69) is 6.92 Å². The fraction of sp³-hybridized carbons (Fsp3) is 1.00. The lowest BCUT2D eigenvalue weighted by atomic mass is 10.1. The summed E-state index contributed by atoms with van der Waals surface area (Å²) >= 11 is 0. The van der Waals surface area contributed by atoms with Crippen LogP contribution in [0.4, 0.5) is 0 Å². The summed E-state index contributed by atoms with van der Waals surface area (Å²) in [7, 11) is 0.910. The van der Waals surface area contributed by atoms with Crippen LogP contribution in [0.25, 0.3) is 0 Å². The van der Waals surface area contributed by atoms with Crippen LogP contribution in [0.1, 0.15) is 26.2 Å². The van der Waals surface area contributed by atoms with Gasteiger partial charge in [0.2, 0.25) is 0 Å². The third-order valence-corrected chi connectivity index (χ3v) is 3.35. The van der Waals surface area contributed by atoms with Crippen LogP contribution in [-0.2, 0) is 15.5 Å². The number of ether oxygens (including phenoxy) is 1. The molecule has 2 atom stereocenters. The molecule has 0 aromatic rings. The SMILES string of the molecule is CCC(N)CCCS(=O)CCOC. The Kier molecular flexibility index (Phi) is 8.71. The molecule has 2 N–H and O–H groups in total. The number of methoxy groups -OCH3 is 1. The van der Waals surface area contributed by atoms with Crippen LogP contribution in [0.2, 0.25) is 0 Å². The topological polar surface area (TPSA) is 52.3 Å². The van der Waals surface area contributed by atoms with Crippen molar-refractivity contribution in [3.8, 4) is 0 Å². The first-order valence-electron chi connectivity index (χ1n) is 4.80. The summed E-state index contributed by atoms with van der Waals surface area (Å²) in [6.45, 7) is 2.67. The standard InChI is InChI=1S/C9H21NO2S/c1-3-9(10)5-4-7-13(11)8-6-12-2/h9H,3-8,10H2,1-2H3. The molecule has 0 amide bonds. The molecule has 0 fully saturated rings. The third-order valence-electron chi connectivity index (χ3n) is 1.99. The van der Waals surface area contributed by atoms with Crippen molar-refractivity contribution < 1.29 is 8.95 Å². The first-order valence-corrected chi connectivity index (χ1v) is 6.29. The smallest absolute Gasteiger partial charge is 0.0577 e. The van der Waals surface area contributed by atoms with E-state index in [4.69, 9.17) is 10.5 Å². The van der Waals surface area contributed by atoms with Gasteiger partial charge in [0.05, 0.1) is 6.61 Å². The van der Waals surface area contributed by atoms with Gasteiger partial charge in [-0.1, -0.05) is 6.92 Å². The van der Waals surface area contributed by atoms with Gasteiger partial charge in [-0.25, -0.2) is 0 Å². The summed E-state index contributed by atoms with van der Waals surface area (Å²) in [6, 6.07) is 0.277. The first kappa shape index (κ1) is 13.1. The van der Waals surface area contributed by atoms with E-state index in [-0.39, 0.29) is 6.04 Å². The molecule has 0 saturated carbocycles. The second-order valence-corrected chi connectivity index (χ2v) is 4.85. The molecule has 80 valence electrons. The Morgan fingerprint density at radius 3 is 2.69 bits per heavy atom. The molecule has 0 radical (unpaired) electrons. The summed E-state index contributed by atoms with van der Waals surface area (Å²) in [4.78, 5) is 0. The molecule has 0 heterocycles. The Labute approximate surface area is 83.5 Å². The molecule has 0 bridgehead atoms. The van der Waals surface area contributed by atoms with Crippen LogP contribution >= 0.6 is 0 Å². The summed E-state index contributed by atoms with van der Waals surface area (Å²) in [5.41, 5.74) is 5.74. The van der Waals surface area contributed by atoms with Crippen molar-refractivity contribution in [3.63, 3.8) is 0 Å². The van der Waals surface area contributed by atoms with E-state index in [1.54, 1.807) is 7.11 Å². The average molecular weight is 207 g/mol. The predicted octanol–water partition coefficient (Wildman–Crippen LogP) is 0.899. The van der Waals surface area contributed by atoms with Crippen molar-refractivity contribution in [1.29, 1.82) is 0 Å². The van der Waals surface area contributed by atoms with E-state index in [9.17, 15) is 4.21 Å². The van der Waals surface area contributed by atoms with Crippen molar-refractivity contribution in [2.75, 3.05) is 25.2 Å². The summed E-state index contributed by atoms with van der Waals surface area (Å²) in [5.74, 6) is 1.41. The minimum absolute atomic E-state index is 0.277. The van der Waals surface area contributed by atoms with Gasteiger partial charge in [-0.05, 0) is 19.3 Å². The molecular formula is C9H21NO2S. The maximum Gasteiger partial charge on any atom is 0.0577 e. The molecule has 0 spiro atoms. The van der Waals surface area contributed by atoms with Crippen LogP contribution in [-0.4, -0.2) is 35.5 Å². The van der Waals surface area contributed by atoms with E-state index in [1.165, 1.54) is 0 Å². The first-order chi connectivity index (χ1) is 6.20. The Hall–Kier alpha value is 0.0700. The molecule has 0 rings (SSSR count). The predicted molar refractivity (Wildman–Crippen MR) is 57.3 cm³/mol. The van der Waals surface area contributed by atoms with Gasteiger partial charge in [0.15, 0.2) is 0 Å². The molecule has 0 aromatic carbocycles. The Balaban J connectivity index is 3.26. The zero-order valence-corrected chi connectivity index (χ0v) is 9.44. The molecule has 0 saturated heterocycles. The third kappa shape index (κ3) is 8.40. The van der Waals surface area contributed by atoms with Crippen molar-refractivity contribution in [1.82, 2.24) is 0 Å². The van der Waals surface area contributed by atoms with Gasteiger partial charge in [-0.15, -0.1) is 0 Å². The molecule has 0 aromatic heterocycles. The highest BCUT2D eigenvalue weighted by Crippen LogP contribution is 1.99. The van der Waals surface area contributed by atoms with Gasteiger partial charge in [0.25, 0.3) is 0 Å². The Bertz CT molecular complexity index is 142. The van der Waals surface area contributed by atoms with E-state index in [0.717, 1.165) is 25.0 Å². The van der Waals surface area contributed by atoms with Crippen LogP contribution < -0.4 is 5.73 Å². The fourth-order valence-electron chi connectivity index (χ4n) is 0.989. The van der Waals surface area contributed by atoms with Crippen molar-refractivity contribution in [2.45, 2.75) is 32.2 Å². The van der Waals surface area contributed by atoms with Crippen molar-refractivity contribution in [2.24, 2.45) is 5.73 Å². The normalized spacial score (nSPS) is 15.6. The van der Waals surface area contributed by atoms with Crippen molar-refractivity contribution in [3.05, 3.63) is 0 Å². The minimum atomic E-state index is -0.719. The zero-order chi connectivity index (χ0) is 10.1. The van der Waals surface area contributed by atoms with Crippen LogP contribution in [0, 0.1) is 0 Å². The fourth-order valence-corrected chi connectivity index (χ4v) is 2.03. The average Bonchev–Trinajstić information content (AvgIpc) is 2.14. The van der Waals surface area contributed by atoms with Crippen molar-refractivity contribution >= 4 is 10.8 Å². The summed E-state index contributed by atoms with van der Waals surface area (Å²) in [6.07, 6.45) is 2.95. The van der Waals surface area contributed by atoms with Crippen LogP contribution in [0.15, 0.2) is 0 Å². The largest absolute Gasteiger partial charge is 0.384 e. The van der Waals surface area contributed by atoms with Crippen LogP contribution in [0.3, 0.4) is 0 Å². The maximum atomic E-state index is 11.3. The zero-order valence-electron chi connectivity index (χ0n) is 8.62. The molecular weight excluding hydrogens is 186 g/mol. The van der Waals surface area contributed by atoms with Gasteiger partial charge in [0.1, 0.15) is 0 Å². The summed E-state index contributed by atoms with van der Waals surface area (Å²) < 4.78 is 16.1. The monoisotopic (exact) mass is 207 g/mol. The van der Waals surface area contributed by atoms with E-state index in [1.807, 2.05) is 0 Å². The van der Waals surface area contributed by atoms with E-state index >= 15 is 0 Å². The lowest BCUT2D eigenvalue weighted by molar-refractivity contribution is 0.218. The van der Waals surface area contributed by atoms with E-state index < -0.39 is 10.8 Å². The van der Waals surface area contributed by atoms with Gasteiger partial charge >= 0.3 is 0 Å². The highest BCUT2D eigenvalue weighted by molar-refractivity contribution is 7.84. The molecule has 3 nitrogen and oxygen atoms in total. The lowest BCUT2D eigenvalue weighted by Gasteiger charge is -2.07. The lowest BCUT2D eigenvalue weighted by Crippen LogP contribution is -2.19. The molecule has 13 heavy (non-hydrogen) atoms. The number of hydrogen-bond donors (Lipinski definition) is 1.